The van der Waals surface area contributed by atoms with Gasteiger partial charge in [-0.3, -0.25) is 19.1 Å². The molecule has 58 heavy (non-hydrogen) atoms. The number of alkyl carbamates (subject to hydrolysis) is 1. The lowest BCUT2D eigenvalue weighted by Gasteiger charge is -2.35. The van der Waals surface area contributed by atoms with Crippen molar-refractivity contribution in [3.8, 4) is 5.88 Å². The Morgan fingerprint density at radius 2 is 1.69 bits per heavy atom. The van der Waals surface area contributed by atoms with Crippen molar-refractivity contribution in [3.63, 3.8) is 0 Å². The predicted molar refractivity (Wildman–Crippen MR) is 197 cm³/mol. The van der Waals surface area contributed by atoms with Crippen molar-refractivity contribution >= 4 is 44.9 Å². The van der Waals surface area contributed by atoms with E-state index in [9.17, 15) is 36.4 Å². The fraction of sp³-hybridized carbons (Fsp3) is 0.579. The first-order valence-corrected chi connectivity index (χ1v) is 20.4. The number of carbonyl (C=O) groups excluding carboxylic acids is 4. The lowest BCUT2D eigenvalue weighted by molar-refractivity contribution is -0.142. The highest BCUT2D eigenvalue weighted by Gasteiger charge is 2.63. The summed E-state index contributed by atoms with van der Waals surface area (Å²) in [5.74, 6) is -7.79. The molecule has 3 N–H and O–H groups in total. The fourth-order valence-electron chi connectivity index (χ4n) is 7.51. The van der Waals surface area contributed by atoms with Gasteiger partial charge in [-0.2, -0.15) is 17.6 Å². The minimum Gasteiger partial charge on any atom is -0.471 e. The third-order valence-electron chi connectivity index (χ3n) is 11.4. The molecule has 1 aromatic heterocycles. The van der Waals surface area contributed by atoms with Gasteiger partial charge in [0.05, 0.1) is 35.0 Å². The summed E-state index contributed by atoms with van der Waals surface area (Å²) in [6.45, 7) is 5.58. The molecule has 2 aromatic rings. The molecule has 2 aliphatic heterocycles. The minimum atomic E-state index is -4.33. The topological polar surface area (TPSA) is 195 Å². The lowest BCUT2D eigenvalue weighted by Crippen LogP contribution is -2.60. The number of aromatic nitrogens is 2. The summed E-state index contributed by atoms with van der Waals surface area (Å²) in [7, 11) is -4.33. The van der Waals surface area contributed by atoms with Crippen LogP contribution in [0.3, 0.4) is 0 Å². The molecule has 7 rings (SSSR count). The Bertz CT molecular complexity index is 2210. The van der Waals surface area contributed by atoms with Crippen molar-refractivity contribution in [1.29, 1.82) is 0 Å². The zero-order valence-electron chi connectivity index (χ0n) is 32.2. The number of nitrogens with one attached hydrogen (secondary N) is 3. The molecule has 4 amide bonds. The Labute approximate surface area is 331 Å². The number of halogens is 4. The summed E-state index contributed by atoms with van der Waals surface area (Å²) in [4.78, 5) is 65.2. The van der Waals surface area contributed by atoms with E-state index in [1.54, 1.807) is 32.9 Å². The van der Waals surface area contributed by atoms with Gasteiger partial charge in [-0.15, -0.1) is 0 Å². The Kier molecular flexibility index (Phi) is 10.5. The number of rotatable bonds is 5. The molecule has 0 unspecified atom stereocenters. The maximum Gasteiger partial charge on any atom is 0.408 e. The second kappa shape index (κ2) is 14.8. The van der Waals surface area contributed by atoms with E-state index < -0.39 is 128 Å². The van der Waals surface area contributed by atoms with E-state index in [-0.39, 0.29) is 30.5 Å². The summed E-state index contributed by atoms with van der Waals surface area (Å²) in [5.41, 5.74) is -4.88. The van der Waals surface area contributed by atoms with E-state index in [0.717, 1.165) is 11.0 Å². The van der Waals surface area contributed by atoms with Crippen LogP contribution >= 0.6 is 0 Å². The van der Waals surface area contributed by atoms with Crippen LogP contribution in [-0.4, -0.2) is 101 Å². The van der Waals surface area contributed by atoms with Gasteiger partial charge in [-0.25, -0.2) is 23.2 Å². The van der Waals surface area contributed by atoms with Gasteiger partial charge in [0.2, 0.25) is 27.7 Å². The lowest BCUT2D eigenvalue weighted by atomic mass is 9.85. The van der Waals surface area contributed by atoms with Gasteiger partial charge in [-0.05, 0) is 62.7 Å². The number of para-hydroxylation sites is 2. The third kappa shape index (κ3) is 7.96. The van der Waals surface area contributed by atoms with Crippen LogP contribution in [0.25, 0.3) is 11.0 Å². The van der Waals surface area contributed by atoms with Crippen LogP contribution in [0.15, 0.2) is 48.1 Å². The highest BCUT2D eigenvalue weighted by molar-refractivity contribution is 7.91. The quantitative estimate of drug-likeness (QED) is 0.290. The van der Waals surface area contributed by atoms with Crippen LogP contribution in [0.1, 0.15) is 78.3 Å². The maximum absolute atomic E-state index is 16.1. The first-order valence-electron chi connectivity index (χ1n) is 19.0. The Balaban J connectivity index is 1.27. The molecule has 0 radical (unpaired) electrons. The normalized spacial score (nSPS) is 30.0. The Hall–Kier alpha value is -4.85. The van der Waals surface area contributed by atoms with Crippen LogP contribution < -0.4 is 20.1 Å². The molecule has 1 saturated heterocycles. The molecule has 5 aliphatic rings. The van der Waals surface area contributed by atoms with Gasteiger partial charge >= 0.3 is 12.0 Å². The number of alkyl halides is 2. The SMILES string of the molecule is CC(C)(C)[C@@H]1NC(=O)O[C@@H]2CCC[C@H]2OC/C=C\C(F)(F)c2nc3ccccc3nc2O[C@@H]2C[C@@H](C(=O)N[C@]3(C(=O)NS(=O)(=O)C4(C)CC4)CC3=C(F)F)N(C2)C1=O. The van der Waals surface area contributed by atoms with Gasteiger partial charge in [0.25, 0.3) is 12.0 Å². The summed E-state index contributed by atoms with van der Waals surface area (Å²) in [6, 6.07) is 3.22. The standard InChI is InChI=1S/C38H44F4N6O9S/c1-35(2,3)28-32(50)48-19-20(17-24(48)30(49)46-37(18-21(37)29(39)40)33(51)47-58(53,54)36(4)14-15-36)56-31-27(43-22-9-5-6-10-23(22)44-31)38(41,42)13-8-16-55-25-11-7-12-26(25)57-34(52)45-28/h5-6,8-10,13,20,24-26,28H,7,11-12,14-19H2,1-4H3,(H,45,52)(H,46,49)(H,47,51)/b13-8-/t20-,24+,25-,26-,28-,37-/m1/s1. The molecule has 3 saturated carbocycles. The second-order valence-electron chi connectivity index (χ2n) is 16.8. The van der Waals surface area contributed by atoms with Gasteiger partial charge in [0.1, 0.15) is 24.3 Å². The number of carbonyl (C=O) groups is 4. The number of allylic oxidation sites excluding steroid dienone is 1. The van der Waals surface area contributed by atoms with Crippen LogP contribution in [-0.2, 0) is 39.8 Å². The van der Waals surface area contributed by atoms with Gasteiger partial charge in [-0.1, -0.05) is 39.0 Å². The Morgan fingerprint density at radius 3 is 2.33 bits per heavy atom. The zero-order valence-corrected chi connectivity index (χ0v) is 33.0. The fourth-order valence-corrected chi connectivity index (χ4v) is 8.81. The highest BCUT2D eigenvalue weighted by Crippen LogP contribution is 2.48. The molecule has 1 aromatic carbocycles. The van der Waals surface area contributed by atoms with E-state index in [0.29, 0.717) is 25.3 Å². The van der Waals surface area contributed by atoms with Gasteiger partial charge in [0, 0.05) is 18.4 Å². The highest BCUT2D eigenvalue weighted by atomic mass is 32.2. The molecule has 3 aliphatic carbocycles. The monoisotopic (exact) mass is 836 g/mol. The molecular formula is C38H44F4N6O9S. The second-order valence-corrected chi connectivity index (χ2v) is 19.0. The summed E-state index contributed by atoms with van der Waals surface area (Å²) in [5, 5.41) is 4.88. The molecule has 0 spiro atoms. The minimum absolute atomic E-state index is 0.126. The largest absolute Gasteiger partial charge is 0.471 e. The number of amides is 4. The average molecular weight is 837 g/mol. The van der Waals surface area contributed by atoms with E-state index in [2.05, 4.69) is 20.6 Å². The first-order chi connectivity index (χ1) is 27.1. The smallest absolute Gasteiger partial charge is 0.408 e. The number of hydrogen-bond acceptors (Lipinski definition) is 11. The maximum atomic E-state index is 16.1. The molecule has 314 valence electrons. The van der Waals surface area contributed by atoms with Crippen LogP contribution in [0.2, 0.25) is 0 Å². The van der Waals surface area contributed by atoms with Crippen LogP contribution in [0.4, 0.5) is 22.4 Å². The van der Waals surface area contributed by atoms with Crippen molar-refractivity contribution < 1.29 is 59.4 Å². The van der Waals surface area contributed by atoms with Crippen molar-refractivity contribution in [3.05, 3.63) is 53.8 Å². The summed E-state index contributed by atoms with van der Waals surface area (Å²) < 4.78 is 104. The number of sulfonamides is 1. The van der Waals surface area contributed by atoms with Gasteiger partial charge in [0.15, 0.2) is 11.2 Å². The van der Waals surface area contributed by atoms with E-state index in [1.807, 2.05) is 4.72 Å². The van der Waals surface area contributed by atoms with Crippen molar-refractivity contribution in [2.45, 2.75) is 119 Å². The molecule has 4 fully saturated rings. The molecule has 6 atom stereocenters. The molecule has 15 nitrogen and oxygen atoms in total. The molecule has 3 heterocycles. The molecule has 2 bridgehead atoms. The van der Waals surface area contributed by atoms with Crippen LogP contribution in [0.5, 0.6) is 5.88 Å². The van der Waals surface area contributed by atoms with E-state index in [1.165, 1.54) is 19.1 Å². The molecule has 20 heteroatoms. The predicted octanol–water partition coefficient (Wildman–Crippen LogP) is 4.13. The van der Waals surface area contributed by atoms with Crippen molar-refractivity contribution in [2.75, 3.05) is 13.2 Å². The zero-order chi connectivity index (χ0) is 42.0. The number of fused-ring (bicyclic) bond motifs is 5. The van der Waals surface area contributed by atoms with Crippen LogP contribution in [0, 0.1) is 5.41 Å². The number of nitrogens with zero attached hydrogens (tertiary/aromatic N) is 3. The van der Waals surface area contributed by atoms with Crippen molar-refractivity contribution in [2.24, 2.45) is 5.41 Å². The average Bonchev–Trinajstić information content (AvgIpc) is 3.97. The summed E-state index contributed by atoms with van der Waals surface area (Å²) in [6.07, 6.45) is -3.48. The number of hydrogen-bond donors (Lipinski definition) is 3. The third-order valence-corrected chi connectivity index (χ3v) is 13.5. The number of benzene rings is 1. The van der Waals surface area contributed by atoms with E-state index in [4.69, 9.17) is 14.2 Å². The van der Waals surface area contributed by atoms with Gasteiger partial charge < -0.3 is 29.7 Å². The summed E-state index contributed by atoms with van der Waals surface area (Å²) >= 11 is 0. The van der Waals surface area contributed by atoms with Crippen molar-refractivity contribution in [1.82, 2.24) is 30.2 Å². The Morgan fingerprint density at radius 1 is 1.02 bits per heavy atom. The number of ether oxygens (including phenoxy) is 3. The van der Waals surface area contributed by atoms with E-state index >= 15 is 8.78 Å². The first kappa shape index (κ1) is 41.3. The molecular weight excluding hydrogens is 793 g/mol.